The Kier molecular flexibility index (Phi) is 5.85. The summed E-state index contributed by atoms with van der Waals surface area (Å²) in [7, 11) is 0. The maximum absolute atomic E-state index is 12.9. The molecule has 0 bridgehead atoms. The van der Waals surface area contributed by atoms with Gasteiger partial charge < -0.3 is 5.32 Å². The number of thioether (sulfide) groups is 1. The molecule has 0 aliphatic carbocycles. The fourth-order valence-electron chi connectivity index (χ4n) is 2.32. The molecule has 0 atom stereocenters. The van der Waals surface area contributed by atoms with Crippen LogP contribution in [0.25, 0.3) is 10.2 Å². The van der Waals surface area contributed by atoms with Gasteiger partial charge in [0, 0.05) is 24.4 Å². The number of fused-ring (bicyclic) bond motifs is 1. The van der Waals surface area contributed by atoms with Crippen LogP contribution in [0.2, 0.25) is 0 Å². The number of carbonyl (C=O) groups is 1. The van der Waals surface area contributed by atoms with Crippen molar-refractivity contribution in [1.29, 1.82) is 0 Å². The summed E-state index contributed by atoms with van der Waals surface area (Å²) in [6.45, 7) is 4.05. The number of rotatable bonds is 7. The third kappa shape index (κ3) is 4.20. The number of allylic oxidation sites excluding steroid dienone is 1. The number of nitrogens with one attached hydrogen (secondary N) is 1. The Balaban J connectivity index is 1.66. The second kappa shape index (κ2) is 8.29. The third-order valence-electron chi connectivity index (χ3n) is 3.55. The Labute approximate surface area is 157 Å². The van der Waals surface area contributed by atoms with E-state index >= 15 is 0 Å². The highest BCUT2D eigenvalue weighted by Gasteiger charge is 2.12. The average Bonchev–Trinajstić information content (AvgIpc) is 3.09. The Morgan fingerprint density at radius 1 is 1.35 bits per heavy atom. The minimum atomic E-state index is -0.353. The summed E-state index contributed by atoms with van der Waals surface area (Å²) in [4.78, 5) is 29.8. The molecule has 2 heterocycles. The van der Waals surface area contributed by atoms with Crippen LogP contribution >= 0.6 is 23.1 Å². The maximum Gasteiger partial charge on any atom is 0.263 e. The average molecular weight is 389 g/mol. The molecule has 0 saturated carbocycles. The van der Waals surface area contributed by atoms with Crippen LogP contribution in [0.4, 0.5) is 10.1 Å². The molecule has 2 aromatic heterocycles. The number of aromatic nitrogens is 2. The summed E-state index contributed by atoms with van der Waals surface area (Å²) >= 11 is 2.76. The van der Waals surface area contributed by atoms with Crippen molar-refractivity contribution in [2.24, 2.45) is 0 Å². The number of anilines is 1. The van der Waals surface area contributed by atoms with Crippen LogP contribution in [-0.2, 0) is 11.3 Å². The summed E-state index contributed by atoms with van der Waals surface area (Å²) in [6.07, 6.45) is 1.89. The van der Waals surface area contributed by atoms with Gasteiger partial charge in [0.25, 0.3) is 5.56 Å². The van der Waals surface area contributed by atoms with Crippen LogP contribution < -0.4 is 10.9 Å². The van der Waals surface area contributed by atoms with Crippen molar-refractivity contribution >= 4 is 44.9 Å². The van der Waals surface area contributed by atoms with Gasteiger partial charge in [-0.05, 0) is 35.7 Å². The molecule has 5 nitrogen and oxygen atoms in total. The number of amides is 1. The van der Waals surface area contributed by atoms with E-state index in [2.05, 4.69) is 16.9 Å². The lowest BCUT2D eigenvalue weighted by Crippen LogP contribution is -2.22. The van der Waals surface area contributed by atoms with Crippen molar-refractivity contribution in [3.05, 3.63) is 64.5 Å². The molecule has 1 amide bonds. The van der Waals surface area contributed by atoms with Crippen molar-refractivity contribution in [2.45, 2.75) is 18.1 Å². The monoisotopic (exact) mass is 389 g/mol. The first kappa shape index (κ1) is 18.3. The summed E-state index contributed by atoms with van der Waals surface area (Å²) in [5.41, 5.74) is 0.442. The SMILES string of the molecule is C=CCn1c(SCCC(=O)Nc2ccc(F)cc2)nc2sccc2c1=O. The quantitative estimate of drug-likeness (QED) is 0.378. The zero-order valence-corrected chi connectivity index (χ0v) is 15.4. The molecule has 134 valence electrons. The lowest BCUT2D eigenvalue weighted by molar-refractivity contribution is -0.115. The second-order valence-corrected chi connectivity index (χ2v) is 7.35. The largest absolute Gasteiger partial charge is 0.326 e. The summed E-state index contributed by atoms with van der Waals surface area (Å²) in [5, 5.41) is 5.71. The molecule has 0 aliphatic heterocycles. The van der Waals surface area contributed by atoms with Gasteiger partial charge in [0.15, 0.2) is 5.16 Å². The molecule has 0 saturated heterocycles. The second-order valence-electron chi connectivity index (χ2n) is 5.39. The van der Waals surface area contributed by atoms with E-state index in [-0.39, 0.29) is 23.7 Å². The summed E-state index contributed by atoms with van der Waals surface area (Å²) < 4.78 is 14.4. The first-order valence-electron chi connectivity index (χ1n) is 7.85. The van der Waals surface area contributed by atoms with Crippen LogP contribution in [0.15, 0.2) is 58.3 Å². The van der Waals surface area contributed by atoms with Crippen molar-refractivity contribution in [1.82, 2.24) is 9.55 Å². The molecule has 0 radical (unpaired) electrons. The number of hydrogen-bond acceptors (Lipinski definition) is 5. The standard InChI is InChI=1S/C18H16FN3O2S2/c1-2-9-22-17(24)14-7-10-25-16(14)21-18(22)26-11-8-15(23)20-13-5-3-12(19)4-6-13/h2-7,10H,1,8-9,11H2,(H,20,23). The molecule has 0 spiro atoms. The van der Waals surface area contributed by atoms with Crippen molar-refractivity contribution in [3.8, 4) is 0 Å². The minimum absolute atomic E-state index is 0.102. The van der Waals surface area contributed by atoms with E-state index in [1.807, 2.05) is 5.38 Å². The Morgan fingerprint density at radius 2 is 2.12 bits per heavy atom. The van der Waals surface area contributed by atoms with E-state index in [0.29, 0.717) is 33.4 Å². The van der Waals surface area contributed by atoms with Gasteiger partial charge in [-0.1, -0.05) is 17.8 Å². The molecule has 3 rings (SSSR count). The Hall–Kier alpha value is -2.45. The molecule has 0 unspecified atom stereocenters. The minimum Gasteiger partial charge on any atom is -0.326 e. The van der Waals surface area contributed by atoms with Crippen molar-refractivity contribution < 1.29 is 9.18 Å². The van der Waals surface area contributed by atoms with Gasteiger partial charge in [-0.2, -0.15) is 0 Å². The van der Waals surface area contributed by atoms with Crippen molar-refractivity contribution in [2.75, 3.05) is 11.1 Å². The number of benzene rings is 1. The van der Waals surface area contributed by atoms with Gasteiger partial charge >= 0.3 is 0 Å². The topological polar surface area (TPSA) is 64.0 Å². The summed E-state index contributed by atoms with van der Waals surface area (Å²) in [6, 6.07) is 7.36. The molecule has 0 aliphatic rings. The zero-order chi connectivity index (χ0) is 18.5. The molecule has 1 aromatic carbocycles. The van der Waals surface area contributed by atoms with Crippen molar-refractivity contribution in [3.63, 3.8) is 0 Å². The molecule has 8 heteroatoms. The predicted octanol–water partition coefficient (Wildman–Crippen LogP) is 3.90. The van der Waals surface area contributed by atoms with Crippen LogP contribution in [-0.4, -0.2) is 21.2 Å². The molecular formula is C18H16FN3O2S2. The van der Waals surface area contributed by atoms with E-state index in [0.717, 1.165) is 0 Å². The van der Waals surface area contributed by atoms with E-state index in [1.54, 1.807) is 16.7 Å². The zero-order valence-electron chi connectivity index (χ0n) is 13.8. The number of hydrogen-bond donors (Lipinski definition) is 1. The Bertz CT molecular complexity index is 996. The predicted molar refractivity (Wildman–Crippen MR) is 104 cm³/mol. The molecule has 0 fully saturated rings. The van der Waals surface area contributed by atoms with Gasteiger partial charge in [0.2, 0.25) is 5.91 Å². The van der Waals surface area contributed by atoms with Gasteiger partial charge in [0.05, 0.1) is 5.39 Å². The first-order valence-corrected chi connectivity index (χ1v) is 9.72. The highest BCUT2D eigenvalue weighted by molar-refractivity contribution is 7.99. The van der Waals surface area contributed by atoms with E-state index in [4.69, 9.17) is 0 Å². The van der Waals surface area contributed by atoms with E-state index in [9.17, 15) is 14.0 Å². The van der Waals surface area contributed by atoms with Gasteiger partial charge in [-0.15, -0.1) is 17.9 Å². The van der Waals surface area contributed by atoms with E-state index in [1.165, 1.54) is 47.4 Å². The maximum atomic E-state index is 12.9. The summed E-state index contributed by atoms with van der Waals surface area (Å²) in [5.74, 6) is -0.0688. The van der Waals surface area contributed by atoms with Gasteiger partial charge in [-0.3, -0.25) is 14.2 Å². The smallest absolute Gasteiger partial charge is 0.263 e. The van der Waals surface area contributed by atoms with Crippen LogP contribution in [0.3, 0.4) is 0 Å². The highest BCUT2D eigenvalue weighted by atomic mass is 32.2. The molecule has 26 heavy (non-hydrogen) atoms. The highest BCUT2D eigenvalue weighted by Crippen LogP contribution is 2.22. The van der Waals surface area contributed by atoms with Crippen LogP contribution in [0.5, 0.6) is 0 Å². The lowest BCUT2D eigenvalue weighted by Gasteiger charge is -2.10. The fourth-order valence-corrected chi connectivity index (χ4v) is 4.07. The first-order chi connectivity index (χ1) is 12.6. The van der Waals surface area contributed by atoms with Crippen LogP contribution in [0, 0.1) is 5.82 Å². The number of halogens is 1. The van der Waals surface area contributed by atoms with E-state index < -0.39 is 0 Å². The van der Waals surface area contributed by atoms with Gasteiger partial charge in [-0.25, -0.2) is 9.37 Å². The fraction of sp³-hybridized carbons (Fsp3) is 0.167. The normalized spacial score (nSPS) is 10.8. The molecular weight excluding hydrogens is 373 g/mol. The third-order valence-corrected chi connectivity index (χ3v) is 5.33. The van der Waals surface area contributed by atoms with Gasteiger partial charge in [0.1, 0.15) is 10.6 Å². The number of nitrogens with zero attached hydrogens (tertiary/aromatic N) is 2. The molecule has 1 N–H and O–H groups in total. The number of carbonyl (C=O) groups excluding carboxylic acids is 1. The van der Waals surface area contributed by atoms with Crippen LogP contribution in [0.1, 0.15) is 6.42 Å². The number of thiophene rings is 1. The Morgan fingerprint density at radius 3 is 2.85 bits per heavy atom. The molecule has 3 aromatic rings. The lowest BCUT2D eigenvalue weighted by atomic mass is 10.3.